The number of nitrogens with zero attached hydrogens (tertiary/aromatic N) is 1. The van der Waals surface area contributed by atoms with Crippen LogP contribution in [0.3, 0.4) is 0 Å². The van der Waals surface area contributed by atoms with E-state index in [-0.39, 0.29) is 0 Å². The summed E-state index contributed by atoms with van der Waals surface area (Å²) in [5.74, 6) is 0.442. The zero-order chi connectivity index (χ0) is 5.28. The predicted octanol–water partition coefficient (Wildman–Crippen LogP) is 1.33. The molecular weight excluding hydrogens is 90.1 g/mol. The predicted molar refractivity (Wildman–Crippen MR) is 27.9 cm³/mol. The smallest absolute Gasteiger partial charge is 0.0879 e. The van der Waals surface area contributed by atoms with E-state index >= 15 is 0 Å². The minimum atomic E-state index is 0.442. The lowest BCUT2D eigenvalue weighted by Gasteiger charge is -1.73. The molecular formula is C5H7NO. The third-order valence-corrected chi connectivity index (χ3v) is 1.22. The van der Waals surface area contributed by atoms with Crippen LogP contribution in [0.25, 0.3) is 0 Å². The van der Waals surface area contributed by atoms with E-state index in [1.165, 1.54) is 5.57 Å². The molecule has 1 fully saturated rings. The molecule has 1 atom stereocenters. The van der Waals surface area contributed by atoms with Gasteiger partial charge in [-0.1, -0.05) is 17.3 Å². The van der Waals surface area contributed by atoms with Crippen LogP contribution in [-0.4, -0.2) is 6.54 Å². The third-order valence-electron chi connectivity index (χ3n) is 1.22. The van der Waals surface area contributed by atoms with Crippen molar-refractivity contribution in [3.05, 3.63) is 17.1 Å². The Balaban J connectivity index is 2.20. The molecule has 1 aliphatic carbocycles. The second-order valence-corrected chi connectivity index (χ2v) is 1.87. The van der Waals surface area contributed by atoms with Crippen molar-refractivity contribution in [1.82, 2.24) is 0 Å². The summed E-state index contributed by atoms with van der Waals surface area (Å²) in [5, 5.41) is 2.74. The van der Waals surface area contributed by atoms with Gasteiger partial charge in [0.2, 0.25) is 0 Å². The zero-order valence-electron chi connectivity index (χ0n) is 4.05. The maximum absolute atomic E-state index is 9.51. The fourth-order valence-corrected chi connectivity index (χ4v) is 0.541. The first-order valence-corrected chi connectivity index (χ1v) is 2.31. The zero-order valence-corrected chi connectivity index (χ0v) is 4.05. The van der Waals surface area contributed by atoms with Gasteiger partial charge in [0.1, 0.15) is 0 Å². The van der Waals surface area contributed by atoms with E-state index in [0.29, 0.717) is 12.5 Å². The highest BCUT2D eigenvalue weighted by atomic mass is 16.3. The third kappa shape index (κ3) is 0.856. The van der Waals surface area contributed by atoms with Gasteiger partial charge in [-0.25, -0.2) is 0 Å². The summed E-state index contributed by atoms with van der Waals surface area (Å²) in [4.78, 5) is 9.51. The molecule has 0 saturated heterocycles. The molecule has 0 N–H and O–H groups in total. The van der Waals surface area contributed by atoms with E-state index in [4.69, 9.17) is 0 Å². The Labute approximate surface area is 42.2 Å². The summed E-state index contributed by atoms with van der Waals surface area (Å²) in [5.41, 5.74) is 1.18. The molecule has 0 spiro atoms. The summed E-state index contributed by atoms with van der Waals surface area (Å²) in [6.45, 7) is 4.11. The van der Waals surface area contributed by atoms with E-state index in [9.17, 15) is 4.91 Å². The normalized spacial score (nSPS) is 27.4. The average molecular weight is 97.1 g/mol. The second kappa shape index (κ2) is 1.45. The van der Waals surface area contributed by atoms with Gasteiger partial charge in [0.25, 0.3) is 0 Å². The van der Waals surface area contributed by atoms with Crippen LogP contribution in [-0.2, 0) is 0 Å². The highest BCUT2D eigenvalue weighted by Crippen LogP contribution is 2.35. The lowest BCUT2D eigenvalue weighted by atomic mass is 10.4. The number of hydrogen-bond donors (Lipinski definition) is 0. The minimum absolute atomic E-state index is 0.442. The van der Waals surface area contributed by atoms with Crippen LogP contribution in [0.1, 0.15) is 6.42 Å². The fourth-order valence-electron chi connectivity index (χ4n) is 0.541. The molecule has 1 unspecified atom stereocenters. The Morgan fingerprint density at radius 1 is 2.00 bits per heavy atom. The molecule has 0 heterocycles. The molecule has 7 heavy (non-hydrogen) atoms. The van der Waals surface area contributed by atoms with E-state index in [1.807, 2.05) is 0 Å². The Hall–Kier alpha value is -0.660. The number of nitroso groups, excluding NO2 is 1. The van der Waals surface area contributed by atoms with Crippen molar-refractivity contribution >= 4 is 0 Å². The minimum Gasteiger partial charge on any atom is -0.151 e. The molecule has 1 aliphatic rings. The maximum Gasteiger partial charge on any atom is 0.0879 e. The molecule has 0 radical (unpaired) electrons. The van der Waals surface area contributed by atoms with Crippen LogP contribution < -0.4 is 0 Å². The summed E-state index contributed by atoms with van der Waals surface area (Å²) in [6, 6.07) is 0. The van der Waals surface area contributed by atoms with Crippen LogP contribution in [0.5, 0.6) is 0 Å². The van der Waals surface area contributed by atoms with E-state index in [0.717, 1.165) is 6.42 Å². The Bertz CT molecular complexity index is 109. The first-order valence-electron chi connectivity index (χ1n) is 2.31. The molecule has 1 saturated carbocycles. The summed E-state index contributed by atoms with van der Waals surface area (Å²) >= 11 is 0. The Morgan fingerprint density at radius 2 is 2.57 bits per heavy atom. The molecule has 38 valence electrons. The maximum atomic E-state index is 9.51. The second-order valence-electron chi connectivity index (χ2n) is 1.87. The lowest BCUT2D eigenvalue weighted by molar-refractivity contribution is 0.869. The Morgan fingerprint density at radius 3 is 2.71 bits per heavy atom. The van der Waals surface area contributed by atoms with Crippen molar-refractivity contribution < 1.29 is 0 Å². The molecule has 2 heteroatoms. The summed E-state index contributed by atoms with van der Waals surface area (Å²) < 4.78 is 0. The van der Waals surface area contributed by atoms with E-state index < -0.39 is 0 Å². The number of hydrogen-bond acceptors (Lipinski definition) is 2. The summed E-state index contributed by atoms with van der Waals surface area (Å²) in [7, 11) is 0. The first-order chi connectivity index (χ1) is 3.34. The molecule has 0 amide bonds. The van der Waals surface area contributed by atoms with Gasteiger partial charge in [-0.15, -0.1) is 0 Å². The molecule has 0 aromatic heterocycles. The topological polar surface area (TPSA) is 29.4 Å². The van der Waals surface area contributed by atoms with Gasteiger partial charge in [-0.2, -0.15) is 4.91 Å². The van der Waals surface area contributed by atoms with Gasteiger partial charge in [-0.3, -0.25) is 0 Å². The van der Waals surface area contributed by atoms with Crippen molar-refractivity contribution in [1.29, 1.82) is 0 Å². The monoisotopic (exact) mass is 97.1 g/mol. The van der Waals surface area contributed by atoms with Gasteiger partial charge in [-0.05, 0) is 6.42 Å². The molecule has 0 aromatic carbocycles. The average Bonchev–Trinajstić information content (AvgIpc) is 2.22. The van der Waals surface area contributed by atoms with Gasteiger partial charge in [0, 0.05) is 5.92 Å². The van der Waals surface area contributed by atoms with Gasteiger partial charge in [0.15, 0.2) is 0 Å². The van der Waals surface area contributed by atoms with Gasteiger partial charge in [0.05, 0.1) is 6.54 Å². The van der Waals surface area contributed by atoms with Crippen LogP contribution in [0, 0.1) is 10.8 Å². The highest BCUT2D eigenvalue weighted by Gasteiger charge is 2.26. The van der Waals surface area contributed by atoms with E-state index in [2.05, 4.69) is 11.8 Å². The van der Waals surface area contributed by atoms with Crippen molar-refractivity contribution in [2.24, 2.45) is 11.1 Å². The SMILES string of the molecule is C=C1CC1CN=O. The standard InChI is InChI=1S/C5H7NO/c1-4-2-5(4)3-6-7/h5H,1-3H2. The van der Waals surface area contributed by atoms with Crippen molar-refractivity contribution in [3.63, 3.8) is 0 Å². The molecule has 0 bridgehead atoms. The Kier molecular flexibility index (Phi) is 0.929. The fraction of sp³-hybridized carbons (Fsp3) is 0.600. The number of rotatable bonds is 2. The first kappa shape index (κ1) is 4.50. The molecule has 1 rings (SSSR count). The quantitative estimate of drug-likeness (QED) is 0.377. The van der Waals surface area contributed by atoms with Crippen LogP contribution in [0.4, 0.5) is 0 Å². The van der Waals surface area contributed by atoms with Crippen molar-refractivity contribution in [2.75, 3.05) is 6.54 Å². The van der Waals surface area contributed by atoms with Crippen LogP contribution in [0.15, 0.2) is 17.3 Å². The highest BCUT2D eigenvalue weighted by molar-refractivity contribution is 5.19. The largest absolute Gasteiger partial charge is 0.151 e. The van der Waals surface area contributed by atoms with Gasteiger partial charge < -0.3 is 0 Å². The lowest BCUT2D eigenvalue weighted by Crippen LogP contribution is -1.76. The van der Waals surface area contributed by atoms with Crippen LogP contribution >= 0.6 is 0 Å². The van der Waals surface area contributed by atoms with E-state index in [1.54, 1.807) is 0 Å². The molecule has 2 nitrogen and oxygen atoms in total. The molecule has 0 aliphatic heterocycles. The van der Waals surface area contributed by atoms with Crippen LogP contribution in [0.2, 0.25) is 0 Å². The van der Waals surface area contributed by atoms with Crippen molar-refractivity contribution in [3.8, 4) is 0 Å². The molecule has 0 aromatic rings. The van der Waals surface area contributed by atoms with Gasteiger partial charge >= 0.3 is 0 Å². The van der Waals surface area contributed by atoms with Crippen molar-refractivity contribution in [2.45, 2.75) is 6.42 Å². The summed E-state index contributed by atoms with van der Waals surface area (Å²) in [6.07, 6.45) is 1.02.